The third kappa shape index (κ3) is 3.37. The summed E-state index contributed by atoms with van der Waals surface area (Å²) in [7, 11) is 0. The second kappa shape index (κ2) is 7.98. The fourth-order valence-corrected chi connectivity index (χ4v) is 4.53. The maximum atomic E-state index is 13.4. The lowest BCUT2D eigenvalue weighted by molar-refractivity contribution is 0.0314. The standard InChI is InChI=1S/C23H21BrN2O4/c24-16-7-5-15(6-8-16)20-19-21(27)17-3-1-2-4-18(17)30-22(19)23(28)26(20)10-9-25-11-13-29-14-12-25/h1-8,20H,9-14H2/t20-/m1/s1. The van der Waals surface area contributed by atoms with Crippen LogP contribution in [-0.2, 0) is 4.74 Å². The van der Waals surface area contributed by atoms with Crippen LogP contribution in [0.5, 0.6) is 0 Å². The average molecular weight is 469 g/mol. The molecule has 0 N–H and O–H groups in total. The van der Waals surface area contributed by atoms with Crippen LogP contribution in [0.15, 0.2) is 62.2 Å². The highest BCUT2D eigenvalue weighted by Gasteiger charge is 2.42. The maximum Gasteiger partial charge on any atom is 0.290 e. The van der Waals surface area contributed by atoms with Crippen molar-refractivity contribution in [3.05, 3.63) is 80.1 Å². The van der Waals surface area contributed by atoms with E-state index >= 15 is 0 Å². The van der Waals surface area contributed by atoms with Crippen LogP contribution in [0.2, 0.25) is 0 Å². The van der Waals surface area contributed by atoms with E-state index in [4.69, 9.17) is 9.15 Å². The third-order valence-corrected chi connectivity index (χ3v) is 6.35. The minimum Gasteiger partial charge on any atom is -0.450 e. The van der Waals surface area contributed by atoms with Gasteiger partial charge < -0.3 is 14.1 Å². The number of benzene rings is 2. The first-order valence-electron chi connectivity index (χ1n) is 10.1. The van der Waals surface area contributed by atoms with Crippen molar-refractivity contribution in [2.45, 2.75) is 6.04 Å². The van der Waals surface area contributed by atoms with Crippen molar-refractivity contribution in [1.29, 1.82) is 0 Å². The number of nitrogens with zero attached hydrogens (tertiary/aromatic N) is 2. The number of hydrogen-bond acceptors (Lipinski definition) is 5. The van der Waals surface area contributed by atoms with E-state index in [0.717, 1.165) is 29.7 Å². The molecule has 30 heavy (non-hydrogen) atoms. The molecule has 0 aliphatic carbocycles. The lowest BCUT2D eigenvalue weighted by Crippen LogP contribution is -2.42. The summed E-state index contributed by atoms with van der Waals surface area (Å²) in [6.07, 6.45) is 0. The Labute approximate surface area is 182 Å². The normalized spacial score (nSPS) is 19.4. The molecule has 6 nitrogen and oxygen atoms in total. The van der Waals surface area contributed by atoms with Crippen molar-refractivity contribution >= 4 is 32.8 Å². The zero-order valence-electron chi connectivity index (χ0n) is 16.3. The molecule has 0 radical (unpaired) electrons. The van der Waals surface area contributed by atoms with Crippen LogP contribution in [-0.4, -0.2) is 55.1 Å². The van der Waals surface area contributed by atoms with Gasteiger partial charge in [0.05, 0.1) is 30.2 Å². The number of carbonyl (C=O) groups is 1. The molecule has 0 bridgehead atoms. The molecule has 154 valence electrons. The van der Waals surface area contributed by atoms with Gasteiger partial charge in [-0.2, -0.15) is 0 Å². The number of amides is 1. The van der Waals surface area contributed by atoms with Gasteiger partial charge in [0.15, 0.2) is 5.43 Å². The van der Waals surface area contributed by atoms with Gasteiger partial charge in [-0.3, -0.25) is 14.5 Å². The van der Waals surface area contributed by atoms with Gasteiger partial charge in [0.25, 0.3) is 5.91 Å². The molecule has 1 saturated heterocycles. The van der Waals surface area contributed by atoms with Crippen LogP contribution in [0.3, 0.4) is 0 Å². The zero-order valence-corrected chi connectivity index (χ0v) is 17.9. The molecular formula is C23H21BrN2O4. The molecule has 2 aromatic carbocycles. The first-order valence-corrected chi connectivity index (χ1v) is 10.8. The van der Waals surface area contributed by atoms with E-state index in [1.54, 1.807) is 23.1 Å². The third-order valence-electron chi connectivity index (χ3n) is 5.82. The van der Waals surface area contributed by atoms with Crippen LogP contribution < -0.4 is 5.43 Å². The minimum absolute atomic E-state index is 0.137. The van der Waals surface area contributed by atoms with Crippen molar-refractivity contribution in [1.82, 2.24) is 9.80 Å². The summed E-state index contributed by atoms with van der Waals surface area (Å²) in [5.74, 6) is -0.0670. The number of para-hydroxylation sites is 1. The van der Waals surface area contributed by atoms with Gasteiger partial charge in [0.2, 0.25) is 5.76 Å². The Morgan fingerprint density at radius 2 is 1.70 bits per heavy atom. The Kier molecular flexibility index (Phi) is 5.18. The van der Waals surface area contributed by atoms with E-state index in [-0.39, 0.29) is 17.1 Å². The summed E-state index contributed by atoms with van der Waals surface area (Å²) in [5, 5.41) is 0.501. The van der Waals surface area contributed by atoms with Crippen LogP contribution >= 0.6 is 15.9 Å². The Balaban J connectivity index is 1.59. The number of ether oxygens (including phenoxy) is 1. The van der Waals surface area contributed by atoms with E-state index in [9.17, 15) is 9.59 Å². The van der Waals surface area contributed by atoms with Crippen molar-refractivity contribution in [3.63, 3.8) is 0 Å². The molecule has 1 amide bonds. The fourth-order valence-electron chi connectivity index (χ4n) is 4.26. The number of halogens is 1. The molecule has 2 aliphatic rings. The summed E-state index contributed by atoms with van der Waals surface area (Å²) in [5.41, 5.74) is 1.64. The second-order valence-corrected chi connectivity index (χ2v) is 8.49. The first kappa shape index (κ1) is 19.5. The number of morpholine rings is 1. The molecule has 0 spiro atoms. The second-order valence-electron chi connectivity index (χ2n) is 7.58. The highest BCUT2D eigenvalue weighted by Crippen LogP contribution is 2.38. The molecule has 2 aliphatic heterocycles. The molecule has 0 saturated carbocycles. The van der Waals surface area contributed by atoms with Crippen LogP contribution in [0.25, 0.3) is 11.0 Å². The van der Waals surface area contributed by atoms with E-state index in [2.05, 4.69) is 20.8 Å². The highest BCUT2D eigenvalue weighted by atomic mass is 79.9. The van der Waals surface area contributed by atoms with Gasteiger partial charge in [-0.05, 0) is 29.8 Å². The average Bonchev–Trinajstić information content (AvgIpc) is 3.06. The molecule has 3 heterocycles. The van der Waals surface area contributed by atoms with Crippen molar-refractivity contribution in [3.8, 4) is 0 Å². The van der Waals surface area contributed by atoms with Crippen molar-refractivity contribution < 1.29 is 13.9 Å². The maximum absolute atomic E-state index is 13.4. The quantitative estimate of drug-likeness (QED) is 0.586. The lowest BCUT2D eigenvalue weighted by atomic mass is 9.98. The zero-order chi connectivity index (χ0) is 20.7. The number of rotatable bonds is 4. The molecule has 3 aromatic rings. The Morgan fingerprint density at radius 3 is 2.47 bits per heavy atom. The lowest BCUT2D eigenvalue weighted by Gasteiger charge is -2.31. The highest BCUT2D eigenvalue weighted by molar-refractivity contribution is 9.10. The molecule has 1 aromatic heterocycles. The predicted molar refractivity (Wildman–Crippen MR) is 117 cm³/mol. The summed E-state index contributed by atoms with van der Waals surface area (Å²) >= 11 is 3.46. The molecule has 7 heteroatoms. The van der Waals surface area contributed by atoms with Crippen LogP contribution in [0.1, 0.15) is 27.7 Å². The van der Waals surface area contributed by atoms with E-state index < -0.39 is 6.04 Å². The largest absolute Gasteiger partial charge is 0.450 e. The Bertz CT molecular complexity index is 1150. The van der Waals surface area contributed by atoms with E-state index in [0.29, 0.717) is 36.3 Å². The summed E-state index contributed by atoms with van der Waals surface area (Å²) in [4.78, 5) is 30.8. The van der Waals surface area contributed by atoms with E-state index in [1.807, 2.05) is 30.3 Å². The Morgan fingerprint density at radius 1 is 0.967 bits per heavy atom. The van der Waals surface area contributed by atoms with Gasteiger partial charge in [0.1, 0.15) is 5.58 Å². The van der Waals surface area contributed by atoms with Crippen molar-refractivity contribution in [2.24, 2.45) is 0 Å². The summed E-state index contributed by atoms with van der Waals surface area (Å²) in [6.45, 7) is 4.34. The SMILES string of the molecule is O=C1c2oc3ccccc3c(=O)c2[C@@H](c2ccc(Br)cc2)N1CCN1CCOCC1. The Hall–Kier alpha value is -2.48. The predicted octanol–water partition coefficient (Wildman–Crippen LogP) is 3.43. The van der Waals surface area contributed by atoms with Gasteiger partial charge in [-0.1, -0.05) is 40.2 Å². The monoisotopic (exact) mass is 468 g/mol. The number of hydrogen-bond donors (Lipinski definition) is 0. The molecule has 5 rings (SSSR count). The fraction of sp³-hybridized carbons (Fsp3) is 0.304. The van der Waals surface area contributed by atoms with Crippen LogP contribution in [0.4, 0.5) is 0 Å². The molecular weight excluding hydrogens is 448 g/mol. The van der Waals surface area contributed by atoms with Gasteiger partial charge in [-0.25, -0.2) is 0 Å². The van der Waals surface area contributed by atoms with Crippen molar-refractivity contribution in [2.75, 3.05) is 39.4 Å². The number of fused-ring (bicyclic) bond motifs is 2. The first-order chi connectivity index (χ1) is 14.6. The van der Waals surface area contributed by atoms with E-state index in [1.165, 1.54) is 0 Å². The van der Waals surface area contributed by atoms with Gasteiger partial charge in [0, 0.05) is 30.7 Å². The molecule has 0 unspecified atom stereocenters. The summed E-state index contributed by atoms with van der Waals surface area (Å²) < 4.78 is 12.3. The summed E-state index contributed by atoms with van der Waals surface area (Å²) in [6, 6.07) is 14.4. The number of carbonyl (C=O) groups excluding carboxylic acids is 1. The van der Waals surface area contributed by atoms with Gasteiger partial charge >= 0.3 is 0 Å². The topological polar surface area (TPSA) is 63.0 Å². The minimum atomic E-state index is -0.456. The molecule has 1 atom stereocenters. The smallest absolute Gasteiger partial charge is 0.290 e. The van der Waals surface area contributed by atoms with Crippen LogP contribution in [0, 0.1) is 0 Å². The van der Waals surface area contributed by atoms with Gasteiger partial charge in [-0.15, -0.1) is 0 Å². The molecule has 1 fully saturated rings.